The zero-order valence-electron chi connectivity index (χ0n) is 14.3. The molecule has 3 rings (SSSR count). The molecule has 0 amide bonds. The molecule has 0 N–H and O–H groups in total. The summed E-state index contributed by atoms with van der Waals surface area (Å²) in [6.45, 7) is 11.3. The van der Waals surface area contributed by atoms with Crippen molar-refractivity contribution in [3.8, 4) is 0 Å². The number of aromatic nitrogens is 1. The summed E-state index contributed by atoms with van der Waals surface area (Å²) < 4.78 is 0. The predicted molar refractivity (Wildman–Crippen MR) is 95.2 cm³/mol. The van der Waals surface area contributed by atoms with Gasteiger partial charge in [-0.25, -0.2) is 9.99 Å². The monoisotopic (exact) mass is 315 g/mol. The first-order chi connectivity index (χ1) is 11.4. The minimum Gasteiger partial charge on any atom is -0.354 e. The molecule has 0 unspecified atom stereocenters. The Bertz CT molecular complexity index is 481. The average molecular weight is 315 g/mol. The van der Waals surface area contributed by atoms with Crippen LogP contribution in [0.15, 0.2) is 36.7 Å². The van der Waals surface area contributed by atoms with Gasteiger partial charge in [0.1, 0.15) is 5.82 Å². The van der Waals surface area contributed by atoms with E-state index < -0.39 is 0 Å². The van der Waals surface area contributed by atoms with Crippen molar-refractivity contribution >= 4 is 5.82 Å². The molecule has 0 aromatic carbocycles. The van der Waals surface area contributed by atoms with Crippen LogP contribution in [0.25, 0.3) is 0 Å². The van der Waals surface area contributed by atoms with E-state index in [1.807, 2.05) is 12.3 Å². The third kappa shape index (κ3) is 4.45. The molecule has 1 fully saturated rings. The fourth-order valence-electron chi connectivity index (χ4n) is 3.39. The van der Waals surface area contributed by atoms with E-state index in [-0.39, 0.29) is 0 Å². The third-order valence-electron chi connectivity index (χ3n) is 4.77. The first-order valence-electron chi connectivity index (χ1n) is 8.93. The summed E-state index contributed by atoms with van der Waals surface area (Å²) in [5.74, 6) is 1.12. The second-order valence-corrected chi connectivity index (χ2v) is 6.28. The maximum absolute atomic E-state index is 4.45. The van der Waals surface area contributed by atoms with E-state index in [1.54, 1.807) is 0 Å². The van der Waals surface area contributed by atoms with Gasteiger partial charge in [-0.05, 0) is 38.4 Å². The minimum absolute atomic E-state index is 1.08. The van der Waals surface area contributed by atoms with Gasteiger partial charge in [-0.2, -0.15) is 0 Å². The maximum Gasteiger partial charge on any atom is 0.128 e. The van der Waals surface area contributed by atoms with Crippen molar-refractivity contribution in [3.05, 3.63) is 36.7 Å². The van der Waals surface area contributed by atoms with Gasteiger partial charge in [0.05, 0.1) is 0 Å². The molecule has 2 aliphatic heterocycles. The topological polar surface area (TPSA) is 25.9 Å². The summed E-state index contributed by atoms with van der Waals surface area (Å²) in [6, 6.07) is 6.16. The second kappa shape index (κ2) is 8.31. The van der Waals surface area contributed by atoms with Crippen molar-refractivity contribution < 1.29 is 0 Å². The molecule has 23 heavy (non-hydrogen) atoms. The summed E-state index contributed by atoms with van der Waals surface area (Å²) in [5, 5.41) is 4.77. The van der Waals surface area contributed by atoms with Crippen LogP contribution in [-0.4, -0.2) is 72.3 Å². The van der Waals surface area contributed by atoms with Crippen LogP contribution < -0.4 is 4.90 Å². The fourth-order valence-corrected chi connectivity index (χ4v) is 3.39. The van der Waals surface area contributed by atoms with Gasteiger partial charge in [-0.1, -0.05) is 12.1 Å². The Hall–Kier alpha value is -1.59. The summed E-state index contributed by atoms with van der Waals surface area (Å²) >= 11 is 0. The van der Waals surface area contributed by atoms with Gasteiger partial charge >= 0.3 is 0 Å². The number of piperazine rings is 1. The number of rotatable bonds is 7. The summed E-state index contributed by atoms with van der Waals surface area (Å²) in [6.07, 6.45) is 8.90. The highest BCUT2D eigenvalue weighted by Crippen LogP contribution is 2.13. The highest BCUT2D eigenvalue weighted by molar-refractivity contribution is 5.38. The van der Waals surface area contributed by atoms with Crippen LogP contribution in [0.5, 0.6) is 0 Å². The van der Waals surface area contributed by atoms with Gasteiger partial charge in [0.25, 0.3) is 0 Å². The molecule has 5 heteroatoms. The molecule has 1 aromatic heterocycles. The first-order valence-corrected chi connectivity index (χ1v) is 8.93. The Balaban J connectivity index is 1.31. The van der Waals surface area contributed by atoms with E-state index in [1.165, 1.54) is 25.9 Å². The largest absolute Gasteiger partial charge is 0.354 e. The summed E-state index contributed by atoms with van der Waals surface area (Å²) in [7, 11) is 0. The summed E-state index contributed by atoms with van der Waals surface area (Å²) in [5.41, 5.74) is 0. The Morgan fingerprint density at radius 1 is 1.04 bits per heavy atom. The molecule has 1 saturated heterocycles. The van der Waals surface area contributed by atoms with Crippen LogP contribution in [0, 0.1) is 0 Å². The molecule has 0 bridgehead atoms. The lowest BCUT2D eigenvalue weighted by molar-refractivity contribution is 0.0547. The third-order valence-corrected chi connectivity index (χ3v) is 4.77. The van der Waals surface area contributed by atoms with Crippen LogP contribution in [0.3, 0.4) is 0 Å². The van der Waals surface area contributed by atoms with E-state index in [2.05, 4.69) is 56.1 Å². The molecule has 1 aromatic rings. The molecule has 3 heterocycles. The number of unbranched alkanes of at least 4 members (excludes halogenated alkanes) is 1. The van der Waals surface area contributed by atoms with Gasteiger partial charge < -0.3 is 9.91 Å². The lowest BCUT2D eigenvalue weighted by Gasteiger charge is -2.35. The molecule has 0 saturated carbocycles. The second-order valence-electron chi connectivity index (χ2n) is 6.28. The maximum atomic E-state index is 4.45. The molecule has 0 radical (unpaired) electrons. The van der Waals surface area contributed by atoms with E-state index >= 15 is 0 Å². The number of hydrogen-bond donors (Lipinski definition) is 0. The number of pyridine rings is 1. The molecular weight excluding hydrogens is 286 g/mol. The van der Waals surface area contributed by atoms with E-state index in [9.17, 15) is 0 Å². The van der Waals surface area contributed by atoms with Gasteiger partial charge in [-0.3, -0.25) is 4.90 Å². The van der Waals surface area contributed by atoms with Crippen molar-refractivity contribution in [3.63, 3.8) is 0 Å². The van der Waals surface area contributed by atoms with E-state index in [0.717, 1.165) is 45.1 Å². The Labute approximate surface area is 140 Å². The molecule has 0 spiro atoms. The van der Waals surface area contributed by atoms with Crippen molar-refractivity contribution in [2.75, 3.05) is 57.3 Å². The molecular formula is C18H29N5. The molecule has 2 aliphatic rings. The van der Waals surface area contributed by atoms with Gasteiger partial charge in [0, 0.05) is 58.2 Å². The average Bonchev–Trinajstić information content (AvgIpc) is 3.07. The summed E-state index contributed by atoms with van der Waals surface area (Å²) in [4.78, 5) is 9.44. The van der Waals surface area contributed by atoms with Crippen LogP contribution in [0.4, 0.5) is 5.82 Å². The van der Waals surface area contributed by atoms with Crippen molar-refractivity contribution in [2.45, 2.75) is 19.8 Å². The number of hydrogen-bond acceptors (Lipinski definition) is 5. The van der Waals surface area contributed by atoms with Gasteiger partial charge in [0.2, 0.25) is 0 Å². The molecule has 126 valence electrons. The SMILES string of the molecule is CCN1C=CCN1CCCCN1CCN(c2ccccn2)CC1. The van der Waals surface area contributed by atoms with Gasteiger partial charge in [0.15, 0.2) is 0 Å². The lowest BCUT2D eigenvalue weighted by atomic mass is 10.2. The van der Waals surface area contributed by atoms with Crippen molar-refractivity contribution in [1.82, 2.24) is 19.9 Å². The van der Waals surface area contributed by atoms with Gasteiger partial charge in [-0.15, -0.1) is 0 Å². The predicted octanol–water partition coefficient (Wildman–Crippen LogP) is 2.05. The van der Waals surface area contributed by atoms with Crippen LogP contribution >= 0.6 is 0 Å². The molecule has 0 atom stereocenters. The highest BCUT2D eigenvalue weighted by Gasteiger charge is 2.18. The number of anilines is 1. The fraction of sp³-hybridized carbons (Fsp3) is 0.611. The van der Waals surface area contributed by atoms with E-state index in [0.29, 0.717) is 0 Å². The minimum atomic E-state index is 1.08. The zero-order valence-corrected chi connectivity index (χ0v) is 14.3. The van der Waals surface area contributed by atoms with E-state index in [4.69, 9.17) is 0 Å². The number of hydrazine groups is 1. The molecule has 5 nitrogen and oxygen atoms in total. The first kappa shape index (κ1) is 16.3. The van der Waals surface area contributed by atoms with Crippen LogP contribution in [0.1, 0.15) is 19.8 Å². The zero-order chi connectivity index (χ0) is 15.9. The van der Waals surface area contributed by atoms with Crippen molar-refractivity contribution in [2.24, 2.45) is 0 Å². The Morgan fingerprint density at radius 2 is 1.87 bits per heavy atom. The highest BCUT2D eigenvalue weighted by atomic mass is 15.6. The number of nitrogens with zero attached hydrogens (tertiary/aromatic N) is 5. The molecule has 0 aliphatic carbocycles. The Morgan fingerprint density at radius 3 is 2.61 bits per heavy atom. The van der Waals surface area contributed by atoms with Crippen molar-refractivity contribution in [1.29, 1.82) is 0 Å². The Kier molecular flexibility index (Phi) is 5.88. The van der Waals surface area contributed by atoms with Crippen LogP contribution in [0.2, 0.25) is 0 Å². The standard InChI is InChI=1S/C18H29N5/c1-2-22-12-7-13-23(22)11-6-5-10-20-14-16-21(17-15-20)18-8-3-4-9-19-18/h3-4,7-9,12H,2,5-6,10-11,13-17H2,1H3. The smallest absolute Gasteiger partial charge is 0.128 e. The normalized spacial score (nSPS) is 19.7. The van der Waals surface area contributed by atoms with Crippen LogP contribution in [-0.2, 0) is 0 Å². The quantitative estimate of drug-likeness (QED) is 0.718. The lowest BCUT2D eigenvalue weighted by Crippen LogP contribution is -2.47.